The molecule has 2 nitrogen and oxygen atoms in total. The molecule has 0 saturated heterocycles. The van der Waals surface area contributed by atoms with Crippen LogP contribution in [0.25, 0.3) is 0 Å². The largest absolute Gasteiger partial charge is 0.387 e. The van der Waals surface area contributed by atoms with Gasteiger partial charge in [0.15, 0.2) is 0 Å². The van der Waals surface area contributed by atoms with Crippen LogP contribution in [0.1, 0.15) is 11.7 Å². The van der Waals surface area contributed by atoms with Crippen LogP contribution in [0.2, 0.25) is 5.02 Å². The summed E-state index contributed by atoms with van der Waals surface area (Å²) < 4.78 is 25.8. The van der Waals surface area contributed by atoms with E-state index in [9.17, 15) is 13.9 Å². The molecule has 0 unspecified atom stereocenters. The Balaban J connectivity index is 3.25. The molecule has 0 aliphatic heterocycles. The molecule has 1 rings (SSSR count). The molecule has 0 aromatic heterocycles. The van der Waals surface area contributed by atoms with Crippen LogP contribution >= 0.6 is 11.6 Å². The van der Waals surface area contributed by atoms with Gasteiger partial charge < -0.3 is 10.8 Å². The van der Waals surface area contributed by atoms with Crippen LogP contribution in [0.15, 0.2) is 12.1 Å². The van der Waals surface area contributed by atoms with Gasteiger partial charge in [0, 0.05) is 12.1 Å². The molecule has 0 saturated carbocycles. The standard InChI is InChI=1S/C8H8ClF2NO/c9-8-5(11)2-1-4(10)7(8)6(13)3-12/h1-2,6,13H,3,12H2/t6-/m1/s1. The van der Waals surface area contributed by atoms with Crippen LogP contribution in [0, 0.1) is 11.6 Å². The molecule has 0 bridgehead atoms. The molecule has 1 aromatic carbocycles. The quantitative estimate of drug-likeness (QED) is 0.724. The molecule has 1 atom stereocenters. The highest BCUT2D eigenvalue weighted by Gasteiger charge is 2.18. The van der Waals surface area contributed by atoms with E-state index in [0.29, 0.717) is 0 Å². The summed E-state index contributed by atoms with van der Waals surface area (Å²) in [5, 5.41) is 8.78. The third-order valence-corrected chi connectivity index (χ3v) is 2.02. The maximum absolute atomic E-state index is 13.0. The zero-order valence-electron chi connectivity index (χ0n) is 6.60. The van der Waals surface area contributed by atoms with Gasteiger partial charge in [-0.1, -0.05) is 11.6 Å². The lowest BCUT2D eigenvalue weighted by Crippen LogP contribution is -2.14. The monoisotopic (exact) mass is 207 g/mol. The van der Waals surface area contributed by atoms with Crippen molar-refractivity contribution in [2.45, 2.75) is 6.10 Å². The molecule has 72 valence electrons. The third-order valence-electron chi connectivity index (χ3n) is 1.64. The van der Waals surface area contributed by atoms with Crippen LogP contribution in [0.5, 0.6) is 0 Å². The van der Waals surface area contributed by atoms with Gasteiger partial charge in [0.05, 0.1) is 11.1 Å². The molecule has 1 aromatic rings. The second-order valence-corrected chi connectivity index (χ2v) is 2.89. The number of aliphatic hydroxyl groups is 1. The number of hydrogen-bond donors (Lipinski definition) is 2. The van der Waals surface area contributed by atoms with Gasteiger partial charge in [-0.15, -0.1) is 0 Å². The van der Waals surface area contributed by atoms with Crippen molar-refractivity contribution in [2.75, 3.05) is 6.54 Å². The van der Waals surface area contributed by atoms with Crippen molar-refractivity contribution >= 4 is 11.6 Å². The highest BCUT2D eigenvalue weighted by molar-refractivity contribution is 6.31. The fraction of sp³-hybridized carbons (Fsp3) is 0.250. The van der Waals surface area contributed by atoms with E-state index >= 15 is 0 Å². The molecule has 0 spiro atoms. The Morgan fingerprint density at radius 3 is 2.46 bits per heavy atom. The van der Waals surface area contributed by atoms with Gasteiger partial charge in [0.1, 0.15) is 11.6 Å². The third kappa shape index (κ3) is 1.96. The van der Waals surface area contributed by atoms with Crippen molar-refractivity contribution in [2.24, 2.45) is 5.73 Å². The molecular weight excluding hydrogens is 200 g/mol. The van der Waals surface area contributed by atoms with Gasteiger partial charge in [-0.25, -0.2) is 8.78 Å². The molecule has 13 heavy (non-hydrogen) atoms. The minimum absolute atomic E-state index is 0.208. The highest BCUT2D eigenvalue weighted by Crippen LogP contribution is 2.27. The number of hydrogen-bond acceptors (Lipinski definition) is 2. The summed E-state index contributed by atoms with van der Waals surface area (Å²) in [5.41, 5.74) is 4.81. The predicted molar refractivity (Wildman–Crippen MR) is 45.4 cm³/mol. The lowest BCUT2D eigenvalue weighted by molar-refractivity contribution is 0.181. The first-order chi connectivity index (χ1) is 6.07. The zero-order chi connectivity index (χ0) is 10.0. The van der Waals surface area contributed by atoms with E-state index in [0.717, 1.165) is 12.1 Å². The van der Waals surface area contributed by atoms with Crippen LogP contribution in [0.4, 0.5) is 8.78 Å². The van der Waals surface area contributed by atoms with Crippen LogP contribution < -0.4 is 5.73 Å². The van der Waals surface area contributed by atoms with Crippen LogP contribution in [0.3, 0.4) is 0 Å². The molecule has 5 heteroatoms. The molecule has 0 amide bonds. The number of aliphatic hydroxyl groups excluding tert-OH is 1. The Morgan fingerprint density at radius 2 is 1.92 bits per heavy atom. The molecule has 0 aliphatic carbocycles. The Labute approximate surface area is 78.9 Å². The van der Waals surface area contributed by atoms with Gasteiger partial charge >= 0.3 is 0 Å². The Morgan fingerprint density at radius 1 is 1.38 bits per heavy atom. The Hall–Kier alpha value is -0.710. The highest BCUT2D eigenvalue weighted by atomic mass is 35.5. The van der Waals surface area contributed by atoms with E-state index < -0.39 is 22.8 Å². The topological polar surface area (TPSA) is 46.2 Å². The summed E-state index contributed by atoms with van der Waals surface area (Å²) in [6.45, 7) is -0.208. The second-order valence-electron chi connectivity index (χ2n) is 2.51. The molecule has 0 fully saturated rings. The lowest BCUT2D eigenvalue weighted by Gasteiger charge is -2.11. The minimum atomic E-state index is -1.27. The summed E-state index contributed by atoms with van der Waals surface area (Å²) >= 11 is 5.44. The summed E-state index contributed by atoms with van der Waals surface area (Å²) in [4.78, 5) is 0. The Bertz CT molecular complexity index is 319. The smallest absolute Gasteiger partial charge is 0.142 e. The van der Waals surface area contributed by atoms with Crippen LogP contribution in [-0.2, 0) is 0 Å². The summed E-state index contributed by atoms with van der Waals surface area (Å²) in [6.07, 6.45) is -1.27. The van der Waals surface area contributed by atoms with Gasteiger partial charge in [0.2, 0.25) is 0 Å². The van der Waals surface area contributed by atoms with Crippen molar-refractivity contribution in [1.29, 1.82) is 0 Å². The van der Waals surface area contributed by atoms with Crippen molar-refractivity contribution < 1.29 is 13.9 Å². The second kappa shape index (κ2) is 4.00. The van der Waals surface area contributed by atoms with Crippen molar-refractivity contribution in [3.8, 4) is 0 Å². The first kappa shape index (κ1) is 10.4. The first-order valence-electron chi connectivity index (χ1n) is 3.59. The number of halogens is 3. The summed E-state index contributed by atoms with van der Waals surface area (Å²) in [5.74, 6) is -1.53. The average molecular weight is 208 g/mol. The van der Waals surface area contributed by atoms with Gasteiger partial charge in [0.25, 0.3) is 0 Å². The lowest BCUT2D eigenvalue weighted by atomic mass is 10.1. The molecular formula is C8H8ClF2NO. The van der Waals surface area contributed by atoms with Crippen molar-refractivity contribution in [3.05, 3.63) is 34.4 Å². The number of rotatable bonds is 2. The van der Waals surface area contributed by atoms with E-state index in [1.165, 1.54) is 0 Å². The summed E-state index contributed by atoms with van der Waals surface area (Å²) in [7, 11) is 0. The van der Waals surface area contributed by atoms with E-state index in [1.807, 2.05) is 0 Å². The maximum atomic E-state index is 13.0. The fourth-order valence-electron chi connectivity index (χ4n) is 0.966. The number of benzene rings is 1. The predicted octanol–water partition coefficient (Wildman–Crippen LogP) is 1.61. The molecule has 0 aliphatic rings. The Kier molecular flexibility index (Phi) is 3.19. The van der Waals surface area contributed by atoms with Gasteiger partial charge in [-0.3, -0.25) is 0 Å². The van der Waals surface area contributed by atoms with E-state index in [4.69, 9.17) is 17.3 Å². The van der Waals surface area contributed by atoms with E-state index in [-0.39, 0.29) is 12.1 Å². The van der Waals surface area contributed by atoms with Crippen molar-refractivity contribution in [3.63, 3.8) is 0 Å². The zero-order valence-corrected chi connectivity index (χ0v) is 7.35. The average Bonchev–Trinajstić information content (AvgIpc) is 2.12. The van der Waals surface area contributed by atoms with Crippen molar-refractivity contribution in [1.82, 2.24) is 0 Å². The van der Waals surface area contributed by atoms with Gasteiger partial charge in [-0.05, 0) is 12.1 Å². The van der Waals surface area contributed by atoms with Gasteiger partial charge in [-0.2, -0.15) is 0 Å². The maximum Gasteiger partial charge on any atom is 0.142 e. The molecule has 0 radical (unpaired) electrons. The van der Waals surface area contributed by atoms with E-state index in [1.54, 1.807) is 0 Å². The normalized spacial score (nSPS) is 13.0. The number of nitrogens with two attached hydrogens (primary N) is 1. The van der Waals surface area contributed by atoms with Crippen LogP contribution in [-0.4, -0.2) is 11.7 Å². The summed E-state index contributed by atoms with van der Waals surface area (Å²) in [6, 6.07) is 1.79. The SMILES string of the molecule is NC[C@@H](O)c1c(F)ccc(F)c1Cl. The van der Waals surface area contributed by atoms with E-state index in [2.05, 4.69) is 0 Å². The molecule has 0 heterocycles. The molecule has 3 N–H and O–H groups in total. The minimum Gasteiger partial charge on any atom is -0.387 e. The fourth-order valence-corrected chi connectivity index (χ4v) is 1.25. The first-order valence-corrected chi connectivity index (χ1v) is 3.97.